The Morgan fingerprint density at radius 2 is 1.58 bits per heavy atom. The zero-order valence-electron chi connectivity index (χ0n) is 18.0. The van der Waals surface area contributed by atoms with E-state index in [4.69, 9.17) is 5.26 Å². The summed E-state index contributed by atoms with van der Waals surface area (Å²) < 4.78 is 8.32. The average Bonchev–Trinajstić information content (AvgIpc) is 3.27. The number of aromatic nitrogens is 2. The molecule has 0 saturated carbocycles. The van der Waals surface area contributed by atoms with Gasteiger partial charge in [-0.3, -0.25) is 4.79 Å². The van der Waals surface area contributed by atoms with E-state index in [9.17, 15) is 14.7 Å². The van der Waals surface area contributed by atoms with Crippen LogP contribution in [0.4, 0.5) is 0 Å². The minimum absolute atomic E-state index is 0. The zero-order valence-corrected chi connectivity index (χ0v) is 20.8. The van der Waals surface area contributed by atoms with Crippen LogP contribution in [-0.4, -0.2) is 20.5 Å². The number of hydrogen-bond acceptors (Lipinski definition) is 7. The number of carboxylic acid groups (broad SMARTS) is 1. The van der Waals surface area contributed by atoms with Crippen LogP contribution in [0.1, 0.15) is 32.6 Å². The van der Waals surface area contributed by atoms with Crippen molar-refractivity contribution in [3.05, 3.63) is 100 Å². The molecule has 33 heavy (non-hydrogen) atoms. The van der Waals surface area contributed by atoms with E-state index in [0.717, 1.165) is 17.3 Å². The number of carboxylic acids is 1. The molecular weight excluding hydrogens is 445 g/mol. The molecule has 0 atom stereocenters. The van der Waals surface area contributed by atoms with Crippen molar-refractivity contribution in [2.45, 2.75) is 13.3 Å². The summed E-state index contributed by atoms with van der Waals surface area (Å²) in [7, 11) is 0. The molecule has 6 nitrogen and oxygen atoms in total. The first-order valence-electron chi connectivity index (χ1n) is 9.74. The van der Waals surface area contributed by atoms with Crippen LogP contribution in [0.25, 0.3) is 16.6 Å². The first-order chi connectivity index (χ1) is 15.5. The van der Waals surface area contributed by atoms with Gasteiger partial charge in [0.2, 0.25) is 0 Å². The number of allylic oxidation sites excluding steroid dienone is 1. The van der Waals surface area contributed by atoms with Gasteiger partial charge in [-0.1, -0.05) is 48.0 Å². The summed E-state index contributed by atoms with van der Waals surface area (Å²) in [6.07, 6.45) is 0.0646. The Bertz CT molecular complexity index is 1400. The smallest absolute Gasteiger partial charge is 0.545 e. The van der Waals surface area contributed by atoms with Crippen LogP contribution < -0.4 is 34.7 Å². The molecule has 0 aliphatic heterocycles. The Balaban J connectivity index is 0.00000306. The molecule has 4 aromatic rings. The Hall–Kier alpha value is -3.15. The molecule has 1 aromatic heterocycles. The van der Waals surface area contributed by atoms with Gasteiger partial charge in [0.15, 0.2) is 5.78 Å². The van der Waals surface area contributed by atoms with Crippen molar-refractivity contribution in [2.75, 3.05) is 0 Å². The fourth-order valence-electron chi connectivity index (χ4n) is 3.42. The third-order valence-electron chi connectivity index (χ3n) is 5.10. The van der Waals surface area contributed by atoms with E-state index in [1.54, 1.807) is 66.7 Å². The second-order valence-corrected chi connectivity index (χ2v) is 7.82. The van der Waals surface area contributed by atoms with Crippen molar-refractivity contribution >= 4 is 40.1 Å². The summed E-state index contributed by atoms with van der Waals surface area (Å²) in [6, 6.07) is 20.6. The molecule has 3 aromatic carbocycles. The first-order valence-corrected chi connectivity index (χ1v) is 10.5. The summed E-state index contributed by atoms with van der Waals surface area (Å²) in [5, 5.41) is 21.3. The molecule has 0 aliphatic rings. The number of rotatable bonds is 6. The number of Topliss-reactive ketones (excluding diaryl/α,β-unsaturated/α-hetero) is 1. The van der Waals surface area contributed by atoms with E-state index < -0.39 is 11.8 Å². The molecule has 0 radical (unpaired) electrons. The van der Waals surface area contributed by atoms with Crippen LogP contribution in [0.15, 0.2) is 72.3 Å². The maximum Gasteiger partial charge on any atom is 1.00 e. The number of nitrogens with zero attached hydrogens (tertiary/aromatic N) is 3. The summed E-state index contributed by atoms with van der Waals surface area (Å²) in [5.74, 6) is -1.85. The number of hydrogen-bond donors (Lipinski definition) is 0. The van der Waals surface area contributed by atoms with E-state index in [2.05, 4.69) is 8.75 Å². The number of aliphatic carboxylic acids is 1. The number of nitriles is 1. The van der Waals surface area contributed by atoms with Gasteiger partial charge in [-0.25, -0.2) is 0 Å². The van der Waals surface area contributed by atoms with Crippen LogP contribution in [0.5, 0.6) is 0 Å². The van der Waals surface area contributed by atoms with Gasteiger partial charge in [0.25, 0.3) is 0 Å². The normalized spacial score (nSPS) is 11.3. The monoisotopic (exact) mass is 461 g/mol. The van der Waals surface area contributed by atoms with E-state index >= 15 is 0 Å². The minimum Gasteiger partial charge on any atom is -0.545 e. The molecule has 4 rings (SSSR count). The molecule has 0 N–H and O–H groups in total. The van der Waals surface area contributed by atoms with E-state index in [0.29, 0.717) is 33.3 Å². The Morgan fingerprint density at radius 1 is 0.939 bits per heavy atom. The van der Waals surface area contributed by atoms with Crippen LogP contribution in [0.2, 0.25) is 0 Å². The van der Waals surface area contributed by atoms with Gasteiger partial charge >= 0.3 is 29.6 Å². The molecule has 156 valence electrons. The molecule has 1 heterocycles. The quantitative estimate of drug-likeness (QED) is 0.235. The fraction of sp³-hybridized carbons (Fsp3) is 0.0800. The largest absolute Gasteiger partial charge is 1.00 e. The SMILES string of the molecule is Cc1ccc(C(=O)C(Cc2ccc(C#N)cc2)=C(C(=O)[O-])c2ccc3nsnc3c2)cc1.[Na+]. The Morgan fingerprint density at radius 3 is 2.21 bits per heavy atom. The summed E-state index contributed by atoms with van der Waals surface area (Å²) in [6.45, 7) is 1.91. The van der Waals surface area contributed by atoms with E-state index in [1.807, 2.05) is 13.0 Å². The van der Waals surface area contributed by atoms with Gasteiger partial charge in [0.05, 0.1) is 29.3 Å². The maximum absolute atomic E-state index is 13.5. The van der Waals surface area contributed by atoms with Gasteiger partial charge in [0, 0.05) is 23.1 Å². The van der Waals surface area contributed by atoms with Crippen LogP contribution in [0, 0.1) is 18.3 Å². The Labute approximate surface area is 216 Å². The third kappa shape index (κ3) is 5.44. The average molecular weight is 461 g/mol. The van der Waals surface area contributed by atoms with Gasteiger partial charge in [-0.2, -0.15) is 14.0 Å². The van der Waals surface area contributed by atoms with Crippen molar-refractivity contribution in [3.63, 3.8) is 0 Å². The topological polar surface area (TPSA) is 107 Å². The number of fused-ring (bicyclic) bond motifs is 1. The number of carbonyl (C=O) groups is 2. The molecule has 0 saturated heterocycles. The predicted octanol–water partition coefficient (Wildman–Crippen LogP) is 0.504. The van der Waals surface area contributed by atoms with Crippen molar-refractivity contribution in [1.82, 2.24) is 8.75 Å². The van der Waals surface area contributed by atoms with Crippen molar-refractivity contribution in [1.29, 1.82) is 5.26 Å². The zero-order chi connectivity index (χ0) is 22.7. The fourth-order valence-corrected chi connectivity index (χ4v) is 3.93. The van der Waals surface area contributed by atoms with Gasteiger partial charge in [0.1, 0.15) is 11.0 Å². The molecule has 0 bridgehead atoms. The second-order valence-electron chi connectivity index (χ2n) is 7.29. The molecule has 0 aliphatic carbocycles. The van der Waals surface area contributed by atoms with Crippen molar-refractivity contribution in [2.24, 2.45) is 0 Å². The van der Waals surface area contributed by atoms with Crippen LogP contribution in [0.3, 0.4) is 0 Å². The van der Waals surface area contributed by atoms with Gasteiger partial charge in [-0.05, 0) is 42.3 Å². The number of aryl methyl sites for hydroxylation is 1. The molecule has 0 amide bonds. The third-order valence-corrected chi connectivity index (χ3v) is 5.66. The second kappa shape index (κ2) is 10.6. The van der Waals surface area contributed by atoms with E-state index in [-0.39, 0.29) is 47.1 Å². The van der Waals surface area contributed by atoms with Gasteiger partial charge in [-0.15, -0.1) is 0 Å². The van der Waals surface area contributed by atoms with Crippen LogP contribution in [-0.2, 0) is 11.2 Å². The number of benzene rings is 3. The molecule has 0 spiro atoms. The molecular formula is C25H16N3NaO3S. The van der Waals surface area contributed by atoms with Gasteiger partial charge < -0.3 is 9.90 Å². The Kier molecular flexibility index (Phi) is 7.90. The molecule has 8 heteroatoms. The molecule has 0 unspecified atom stereocenters. The van der Waals surface area contributed by atoms with Crippen molar-refractivity contribution in [3.8, 4) is 6.07 Å². The number of carbonyl (C=O) groups excluding carboxylic acids is 2. The standard InChI is InChI=1S/C25H17N3O3S.Na/c1-15-2-8-18(9-3-15)24(29)20(12-16-4-6-17(14-26)7-5-16)23(25(30)31)19-10-11-21-22(13-19)28-32-27-21;/h2-11,13H,12H2,1H3,(H,30,31);/q;+1/p-1. The minimum atomic E-state index is -1.45. The first kappa shape index (κ1) is 24.5. The summed E-state index contributed by atoms with van der Waals surface area (Å²) in [5.41, 5.74) is 3.99. The molecule has 0 fully saturated rings. The maximum atomic E-state index is 13.5. The predicted molar refractivity (Wildman–Crippen MR) is 120 cm³/mol. The van der Waals surface area contributed by atoms with Crippen LogP contribution >= 0.6 is 11.7 Å². The summed E-state index contributed by atoms with van der Waals surface area (Å²) in [4.78, 5) is 25.8. The van der Waals surface area contributed by atoms with E-state index in [1.165, 1.54) is 0 Å². The number of ketones is 1. The van der Waals surface area contributed by atoms with Crippen molar-refractivity contribution < 1.29 is 44.3 Å². The summed E-state index contributed by atoms with van der Waals surface area (Å²) >= 11 is 1.03.